The lowest BCUT2D eigenvalue weighted by Crippen LogP contribution is -1.99. The second-order valence-electron chi connectivity index (χ2n) is 4.34. The highest BCUT2D eigenvalue weighted by Crippen LogP contribution is 2.30. The Morgan fingerprint density at radius 1 is 1.06 bits per heavy atom. The van der Waals surface area contributed by atoms with Crippen molar-refractivity contribution in [2.75, 3.05) is 0 Å². The van der Waals surface area contributed by atoms with Crippen molar-refractivity contribution in [1.29, 1.82) is 0 Å². The number of rotatable bonds is 2. The summed E-state index contributed by atoms with van der Waals surface area (Å²) < 4.78 is 0. The first-order valence-electron chi connectivity index (χ1n) is 5.63. The smallest absolute Gasteiger partial charge is 0.335 e. The van der Waals surface area contributed by atoms with E-state index in [1.165, 1.54) is 0 Å². The second kappa shape index (κ2) is 4.53. The largest absolute Gasteiger partial charge is 0.508 e. The van der Waals surface area contributed by atoms with Crippen molar-refractivity contribution < 1.29 is 15.0 Å². The summed E-state index contributed by atoms with van der Waals surface area (Å²) in [6, 6.07) is 10.3. The van der Waals surface area contributed by atoms with Gasteiger partial charge in [0.2, 0.25) is 0 Å². The van der Waals surface area contributed by atoms with Crippen LogP contribution in [0.25, 0.3) is 11.1 Å². The third kappa shape index (κ3) is 2.20. The summed E-state index contributed by atoms with van der Waals surface area (Å²) in [6.07, 6.45) is 0. The molecule has 3 heteroatoms. The van der Waals surface area contributed by atoms with Gasteiger partial charge in [-0.25, -0.2) is 4.79 Å². The van der Waals surface area contributed by atoms with E-state index in [1.807, 2.05) is 19.9 Å². The van der Waals surface area contributed by atoms with Crippen LogP contribution >= 0.6 is 0 Å². The molecule has 0 atom stereocenters. The fourth-order valence-electron chi connectivity index (χ4n) is 2.20. The van der Waals surface area contributed by atoms with Gasteiger partial charge < -0.3 is 10.2 Å². The molecular formula is C15H14O3. The van der Waals surface area contributed by atoms with Crippen molar-refractivity contribution in [2.24, 2.45) is 0 Å². The zero-order valence-electron chi connectivity index (χ0n) is 10.3. The van der Waals surface area contributed by atoms with Crippen LogP contribution < -0.4 is 0 Å². The predicted molar refractivity (Wildman–Crippen MR) is 70.0 cm³/mol. The Bertz CT molecular complexity index is 592. The Labute approximate surface area is 105 Å². The molecule has 0 amide bonds. The van der Waals surface area contributed by atoms with Gasteiger partial charge in [0.15, 0.2) is 0 Å². The number of phenolic OH excluding ortho intramolecular Hbond substituents is 1. The maximum absolute atomic E-state index is 11.0. The average molecular weight is 242 g/mol. The summed E-state index contributed by atoms with van der Waals surface area (Å²) in [4.78, 5) is 11.0. The van der Waals surface area contributed by atoms with Crippen LogP contribution in [-0.2, 0) is 0 Å². The van der Waals surface area contributed by atoms with Crippen LogP contribution in [0.2, 0.25) is 0 Å². The number of hydrogen-bond acceptors (Lipinski definition) is 2. The minimum Gasteiger partial charge on any atom is -0.508 e. The topological polar surface area (TPSA) is 57.5 Å². The molecule has 0 aromatic heterocycles. The molecule has 2 N–H and O–H groups in total. The number of aromatic carboxylic acids is 1. The van der Waals surface area contributed by atoms with Gasteiger partial charge in [-0.1, -0.05) is 12.1 Å². The van der Waals surface area contributed by atoms with Crippen LogP contribution in [-0.4, -0.2) is 16.2 Å². The van der Waals surface area contributed by atoms with E-state index in [0.717, 1.165) is 22.3 Å². The van der Waals surface area contributed by atoms with Crippen molar-refractivity contribution >= 4 is 5.97 Å². The van der Waals surface area contributed by atoms with Crippen LogP contribution in [0.3, 0.4) is 0 Å². The first-order valence-corrected chi connectivity index (χ1v) is 5.63. The lowest BCUT2D eigenvalue weighted by atomic mass is 9.93. The molecule has 3 nitrogen and oxygen atoms in total. The molecule has 92 valence electrons. The molecular weight excluding hydrogens is 228 g/mol. The van der Waals surface area contributed by atoms with E-state index in [4.69, 9.17) is 5.11 Å². The Kier molecular flexibility index (Phi) is 3.06. The Hall–Kier alpha value is -2.29. The van der Waals surface area contributed by atoms with Crippen molar-refractivity contribution in [3.63, 3.8) is 0 Å². The van der Waals surface area contributed by atoms with Gasteiger partial charge >= 0.3 is 5.97 Å². The number of carboxylic acid groups (broad SMARTS) is 1. The second-order valence-corrected chi connectivity index (χ2v) is 4.34. The van der Waals surface area contributed by atoms with E-state index in [9.17, 15) is 9.90 Å². The molecule has 0 radical (unpaired) electrons. The summed E-state index contributed by atoms with van der Waals surface area (Å²) in [5, 5.41) is 18.5. The van der Waals surface area contributed by atoms with Gasteiger partial charge in [0.25, 0.3) is 0 Å². The minimum absolute atomic E-state index is 0.202. The average Bonchev–Trinajstić information content (AvgIpc) is 2.27. The van der Waals surface area contributed by atoms with Gasteiger partial charge in [-0.2, -0.15) is 0 Å². The molecule has 0 spiro atoms. The Morgan fingerprint density at radius 3 is 2.17 bits per heavy atom. The lowest BCUT2D eigenvalue weighted by Gasteiger charge is -2.11. The van der Waals surface area contributed by atoms with Crippen LogP contribution in [0.15, 0.2) is 36.4 Å². The van der Waals surface area contributed by atoms with E-state index in [-0.39, 0.29) is 11.3 Å². The van der Waals surface area contributed by atoms with Crippen LogP contribution in [0.4, 0.5) is 0 Å². The standard InChI is InChI=1S/C15H14O3/c1-9-6-12(15(17)18)7-10(2)14(9)11-4-3-5-13(16)8-11/h3-8,16H,1-2H3,(H,17,18). The third-order valence-electron chi connectivity index (χ3n) is 2.91. The zero-order chi connectivity index (χ0) is 13.3. The molecule has 2 aromatic rings. The normalized spacial score (nSPS) is 10.3. The molecule has 0 bridgehead atoms. The molecule has 0 saturated carbocycles. The summed E-state index contributed by atoms with van der Waals surface area (Å²) in [6.45, 7) is 3.75. The van der Waals surface area contributed by atoms with Gasteiger partial charge in [-0.05, 0) is 60.4 Å². The summed E-state index contributed by atoms with van der Waals surface area (Å²) in [5.41, 5.74) is 3.92. The summed E-state index contributed by atoms with van der Waals surface area (Å²) >= 11 is 0. The number of aryl methyl sites for hydroxylation is 2. The molecule has 0 unspecified atom stereocenters. The van der Waals surface area contributed by atoms with Gasteiger partial charge in [0.1, 0.15) is 5.75 Å². The van der Waals surface area contributed by atoms with Crippen molar-refractivity contribution in [3.05, 3.63) is 53.1 Å². The molecule has 0 heterocycles. The van der Waals surface area contributed by atoms with E-state index in [2.05, 4.69) is 0 Å². The van der Waals surface area contributed by atoms with E-state index in [0.29, 0.717) is 0 Å². The van der Waals surface area contributed by atoms with Gasteiger partial charge in [0.05, 0.1) is 5.56 Å². The number of aromatic hydroxyl groups is 1. The maximum atomic E-state index is 11.0. The monoisotopic (exact) mass is 242 g/mol. The van der Waals surface area contributed by atoms with Crippen LogP contribution in [0.1, 0.15) is 21.5 Å². The van der Waals surface area contributed by atoms with E-state index >= 15 is 0 Å². The number of benzene rings is 2. The summed E-state index contributed by atoms with van der Waals surface area (Å²) in [5.74, 6) is -0.725. The minimum atomic E-state index is -0.927. The van der Waals surface area contributed by atoms with E-state index in [1.54, 1.807) is 30.3 Å². The van der Waals surface area contributed by atoms with Crippen LogP contribution in [0, 0.1) is 13.8 Å². The molecule has 0 aliphatic heterocycles. The molecule has 0 saturated heterocycles. The molecule has 0 aliphatic carbocycles. The number of phenols is 1. The molecule has 18 heavy (non-hydrogen) atoms. The molecule has 2 aromatic carbocycles. The SMILES string of the molecule is Cc1cc(C(=O)O)cc(C)c1-c1cccc(O)c1. The highest BCUT2D eigenvalue weighted by molar-refractivity contribution is 5.89. The molecule has 2 rings (SSSR count). The first kappa shape index (κ1) is 12.2. The highest BCUT2D eigenvalue weighted by atomic mass is 16.4. The van der Waals surface area contributed by atoms with Gasteiger partial charge in [0, 0.05) is 0 Å². The highest BCUT2D eigenvalue weighted by Gasteiger charge is 2.11. The van der Waals surface area contributed by atoms with Gasteiger partial charge in [-0.15, -0.1) is 0 Å². The fraction of sp³-hybridized carbons (Fsp3) is 0.133. The number of carboxylic acids is 1. The zero-order valence-corrected chi connectivity index (χ0v) is 10.3. The number of hydrogen-bond donors (Lipinski definition) is 2. The maximum Gasteiger partial charge on any atom is 0.335 e. The Morgan fingerprint density at radius 2 is 1.67 bits per heavy atom. The molecule has 0 aliphatic rings. The Balaban J connectivity index is 2.62. The molecule has 0 fully saturated rings. The number of carbonyl (C=O) groups is 1. The predicted octanol–water partition coefficient (Wildman–Crippen LogP) is 3.37. The third-order valence-corrected chi connectivity index (χ3v) is 2.91. The van der Waals surface area contributed by atoms with Crippen molar-refractivity contribution in [1.82, 2.24) is 0 Å². The van der Waals surface area contributed by atoms with Crippen LogP contribution in [0.5, 0.6) is 5.75 Å². The first-order chi connectivity index (χ1) is 8.49. The van der Waals surface area contributed by atoms with E-state index < -0.39 is 5.97 Å². The quantitative estimate of drug-likeness (QED) is 0.848. The lowest BCUT2D eigenvalue weighted by molar-refractivity contribution is 0.0696. The van der Waals surface area contributed by atoms with Crippen molar-refractivity contribution in [2.45, 2.75) is 13.8 Å². The fourth-order valence-corrected chi connectivity index (χ4v) is 2.20. The summed E-state index contributed by atoms with van der Waals surface area (Å²) in [7, 11) is 0. The van der Waals surface area contributed by atoms with Crippen molar-refractivity contribution in [3.8, 4) is 16.9 Å². The van der Waals surface area contributed by atoms with Gasteiger partial charge in [-0.3, -0.25) is 0 Å².